The maximum absolute atomic E-state index is 2.76. The molecule has 0 spiro atoms. The van der Waals surface area contributed by atoms with E-state index in [1.54, 1.807) is 11.1 Å². The van der Waals surface area contributed by atoms with Gasteiger partial charge in [0.1, 0.15) is 0 Å². The van der Waals surface area contributed by atoms with Crippen molar-refractivity contribution < 1.29 is 0 Å². The average Bonchev–Trinajstić information content (AvgIpc) is 3.79. The van der Waals surface area contributed by atoms with Crippen molar-refractivity contribution in [3.63, 3.8) is 0 Å². The third-order valence-electron chi connectivity index (χ3n) is 14.5. The highest BCUT2D eigenvalue weighted by atomic mass is 15.0. The summed E-state index contributed by atoms with van der Waals surface area (Å²) in [5.74, 6) is 2.11. The number of hydrogen-bond donors (Lipinski definition) is 0. The van der Waals surface area contributed by atoms with Crippen LogP contribution in [0.25, 0.3) is 39.7 Å². The summed E-state index contributed by atoms with van der Waals surface area (Å²) in [6, 6.07) is 16.9. The van der Waals surface area contributed by atoms with Gasteiger partial charge in [0.2, 0.25) is 0 Å². The quantitative estimate of drug-likeness (QED) is 0.175. The Kier molecular flexibility index (Phi) is 8.98. The number of rotatable bonds is 6. The molecule has 2 aromatic heterocycles. The zero-order chi connectivity index (χ0) is 37.0. The SMILES string of the molecule is C1=Cc2c(n(C3C=C(C4CCCCC4)C=CC3)c3cc(C4C=Cc5c(n(C6=CCC(C7=CC(C8=CCCCC8)CC=C7)C=C6)c6ccccc56)C4)ccc23)CC1. The van der Waals surface area contributed by atoms with Gasteiger partial charge >= 0.3 is 0 Å². The fraction of sp³-hybridized carbons (Fsp3) is 0.370. The minimum absolute atomic E-state index is 0.329. The van der Waals surface area contributed by atoms with Crippen molar-refractivity contribution in [1.82, 2.24) is 9.13 Å². The van der Waals surface area contributed by atoms with Crippen LogP contribution in [0.4, 0.5) is 0 Å². The highest BCUT2D eigenvalue weighted by molar-refractivity contribution is 5.96. The summed E-state index contributed by atoms with van der Waals surface area (Å²) in [6.45, 7) is 0. The molecule has 0 amide bonds. The molecule has 2 heteroatoms. The second-order valence-corrected chi connectivity index (χ2v) is 17.8. The monoisotopic (exact) mass is 732 g/mol. The van der Waals surface area contributed by atoms with Crippen LogP contribution in [0.15, 0.2) is 132 Å². The first-order chi connectivity index (χ1) is 27.8. The van der Waals surface area contributed by atoms with E-state index in [0.717, 1.165) is 44.4 Å². The molecular weight excluding hydrogens is 677 g/mol. The third kappa shape index (κ3) is 6.07. The van der Waals surface area contributed by atoms with Gasteiger partial charge in [0.25, 0.3) is 0 Å². The molecule has 2 heterocycles. The third-order valence-corrected chi connectivity index (χ3v) is 14.5. The van der Waals surface area contributed by atoms with Gasteiger partial charge in [-0.2, -0.15) is 0 Å². The van der Waals surface area contributed by atoms with Crippen molar-refractivity contribution in [1.29, 1.82) is 0 Å². The van der Waals surface area contributed by atoms with E-state index in [1.807, 2.05) is 0 Å². The summed E-state index contributed by atoms with van der Waals surface area (Å²) in [7, 11) is 0. The Bertz CT molecular complexity index is 2480. The lowest BCUT2D eigenvalue weighted by Crippen LogP contribution is -2.16. The molecule has 4 unspecified atom stereocenters. The smallest absolute Gasteiger partial charge is 0.0559 e. The van der Waals surface area contributed by atoms with E-state index in [2.05, 4.69) is 137 Å². The minimum Gasteiger partial charge on any atom is -0.337 e. The van der Waals surface area contributed by atoms with Crippen molar-refractivity contribution in [3.8, 4) is 0 Å². The molecule has 2 nitrogen and oxygen atoms in total. The maximum atomic E-state index is 2.76. The van der Waals surface area contributed by atoms with Crippen molar-refractivity contribution in [2.75, 3.05) is 0 Å². The van der Waals surface area contributed by atoms with Crippen LogP contribution in [0.5, 0.6) is 0 Å². The lowest BCUT2D eigenvalue weighted by Gasteiger charge is -2.29. The van der Waals surface area contributed by atoms with E-state index in [0.29, 0.717) is 23.8 Å². The number of aromatic nitrogens is 2. The van der Waals surface area contributed by atoms with Crippen LogP contribution in [-0.2, 0) is 12.8 Å². The molecule has 0 aliphatic heterocycles. The van der Waals surface area contributed by atoms with E-state index in [9.17, 15) is 0 Å². The largest absolute Gasteiger partial charge is 0.337 e. The van der Waals surface area contributed by atoms with Crippen LogP contribution >= 0.6 is 0 Å². The van der Waals surface area contributed by atoms with Crippen molar-refractivity contribution in [3.05, 3.63) is 160 Å². The Morgan fingerprint density at radius 3 is 2.32 bits per heavy atom. The van der Waals surface area contributed by atoms with E-state index in [4.69, 9.17) is 0 Å². The van der Waals surface area contributed by atoms with Gasteiger partial charge in [-0.3, -0.25) is 0 Å². The normalized spacial score (nSPS) is 26.2. The Morgan fingerprint density at radius 1 is 0.571 bits per heavy atom. The molecule has 7 aliphatic carbocycles. The molecule has 7 aliphatic rings. The molecule has 0 bridgehead atoms. The van der Waals surface area contributed by atoms with Gasteiger partial charge in [-0.1, -0.05) is 134 Å². The minimum atomic E-state index is 0.329. The van der Waals surface area contributed by atoms with Crippen molar-refractivity contribution in [2.24, 2.45) is 17.8 Å². The van der Waals surface area contributed by atoms with Crippen molar-refractivity contribution in [2.45, 2.75) is 108 Å². The predicted molar refractivity (Wildman–Crippen MR) is 238 cm³/mol. The average molecular weight is 733 g/mol. The van der Waals surface area contributed by atoms with Crippen LogP contribution in [-0.4, -0.2) is 9.13 Å². The first-order valence-corrected chi connectivity index (χ1v) is 22.2. The van der Waals surface area contributed by atoms with E-state index in [-0.39, 0.29) is 0 Å². The zero-order valence-electron chi connectivity index (χ0n) is 33.0. The zero-order valence-corrected chi connectivity index (χ0v) is 33.0. The number of benzene rings is 2. The number of hydrogen-bond acceptors (Lipinski definition) is 0. The highest BCUT2D eigenvalue weighted by Crippen LogP contribution is 2.44. The molecule has 4 atom stereocenters. The number of nitrogens with zero attached hydrogens (tertiary/aromatic N) is 2. The van der Waals surface area contributed by atoms with Gasteiger partial charge in [0.05, 0.1) is 11.6 Å². The number of fused-ring (bicyclic) bond motifs is 6. The molecule has 0 saturated heterocycles. The molecule has 0 N–H and O–H groups in total. The summed E-state index contributed by atoms with van der Waals surface area (Å²) in [6.07, 6.45) is 53.5. The van der Waals surface area contributed by atoms with Crippen LogP contribution < -0.4 is 0 Å². The van der Waals surface area contributed by atoms with Gasteiger partial charge in [-0.25, -0.2) is 0 Å². The molecule has 1 fully saturated rings. The highest BCUT2D eigenvalue weighted by Gasteiger charge is 2.29. The Morgan fingerprint density at radius 2 is 1.43 bits per heavy atom. The second-order valence-electron chi connectivity index (χ2n) is 17.8. The fourth-order valence-electron chi connectivity index (χ4n) is 11.6. The Labute approximate surface area is 333 Å². The Hall–Kier alpha value is -4.82. The summed E-state index contributed by atoms with van der Waals surface area (Å²) in [5, 5.41) is 2.79. The molecule has 1 saturated carbocycles. The Balaban J connectivity index is 0.920. The molecule has 2 aromatic carbocycles. The summed E-state index contributed by atoms with van der Waals surface area (Å²) < 4.78 is 5.36. The van der Waals surface area contributed by atoms with Crippen LogP contribution in [0.2, 0.25) is 0 Å². The molecule has 11 rings (SSSR count). The van der Waals surface area contributed by atoms with Gasteiger partial charge < -0.3 is 9.13 Å². The van der Waals surface area contributed by atoms with E-state index >= 15 is 0 Å². The lowest BCUT2D eigenvalue weighted by molar-refractivity contribution is 0.403. The van der Waals surface area contributed by atoms with Crippen LogP contribution in [0, 0.1) is 17.8 Å². The summed E-state index contributed by atoms with van der Waals surface area (Å²) in [5.41, 5.74) is 16.1. The van der Waals surface area contributed by atoms with E-state index in [1.165, 1.54) is 119 Å². The number of allylic oxidation sites excluding steroid dienone is 16. The molecule has 0 radical (unpaired) electrons. The topological polar surface area (TPSA) is 9.86 Å². The molecule has 56 heavy (non-hydrogen) atoms. The van der Waals surface area contributed by atoms with Gasteiger partial charge in [-0.05, 0) is 118 Å². The first kappa shape index (κ1) is 34.4. The first-order valence-electron chi connectivity index (χ1n) is 22.2. The predicted octanol–water partition coefficient (Wildman–Crippen LogP) is 14.3. The molecular formula is C54H56N2. The second kappa shape index (κ2) is 14.6. The molecule has 4 aromatic rings. The van der Waals surface area contributed by atoms with Crippen molar-refractivity contribution >= 4 is 39.7 Å². The van der Waals surface area contributed by atoms with Crippen LogP contribution in [0.1, 0.15) is 124 Å². The van der Waals surface area contributed by atoms with Gasteiger partial charge in [0.15, 0.2) is 0 Å². The lowest BCUT2D eigenvalue weighted by atomic mass is 9.80. The van der Waals surface area contributed by atoms with Gasteiger partial charge in [-0.15, -0.1) is 0 Å². The number of para-hydroxylation sites is 1. The summed E-state index contributed by atoms with van der Waals surface area (Å²) in [4.78, 5) is 0. The standard InChI is InChI=1S/C54H56N2/c1-3-13-37(14-4-1)40-17-11-18-41(33-40)39-25-29-45(30-26-39)55-51-23-9-7-21-47(51)49-31-27-43(35-53(49)55)44-28-32-50-48-22-8-10-24-52(48)56(54(50)36-44)46-20-12-19-42(34-46)38-15-5-2-6-16-38/h7-9,11-13,18-19,21-23,25,27-34,36,38-40,43,46H,1-6,10,14-17,20,24,26,35H2. The maximum Gasteiger partial charge on any atom is 0.0559 e. The molecule has 282 valence electrons. The van der Waals surface area contributed by atoms with Crippen LogP contribution in [0.3, 0.4) is 0 Å². The summed E-state index contributed by atoms with van der Waals surface area (Å²) >= 11 is 0. The fourth-order valence-corrected chi connectivity index (χ4v) is 11.6. The van der Waals surface area contributed by atoms with Gasteiger partial charge in [0, 0.05) is 62.3 Å². The van der Waals surface area contributed by atoms with E-state index < -0.39 is 0 Å².